The highest BCUT2D eigenvalue weighted by Gasteiger charge is 2.19. The first-order chi connectivity index (χ1) is 21.9. The fourth-order valence-corrected chi connectivity index (χ4v) is 6.83. The van der Waals surface area contributed by atoms with Crippen molar-refractivity contribution in [2.24, 2.45) is 0 Å². The number of aromatic nitrogens is 5. The van der Waals surface area contributed by atoms with Crippen LogP contribution in [0.4, 0.5) is 5.13 Å². The Balaban J connectivity index is 1.33. The van der Waals surface area contributed by atoms with Gasteiger partial charge in [-0.3, -0.25) is 24.7 Å². The van der Waals surface area contributed by atoms with Crippen molar-refractivity contribution in [3.8, 4) is 11.5 Å². The molecule has 0 fully saturated rings. The number of aryl methyl sites for hydroxylation is 2. The molecule has 45 heavy (non-hydrogen) atoms. The molecule has 2 aromatic carbocycles. The van der Waals surface area contributed by atoms with Gasteiger partial charge in [-0.2, -0.15) is 0 Å². The molecule has 11 nitrogen and oxygen atoms in total. The number of carbonyl (C=O) groups excluding carboxylic acids is 1. The normalized spacial score (nSPS) is 11.2. The summed E-state index contributed by atoms with van der Waals surface area (Å²) in [5, 5.41) is 21.2. The van der Waals surface area contributed by atoms with Crippen molar-refractivity contribution in [3.05, 3.63) is 110 Å². The van der Waals surface area contributed by atoms with E-state index >= 15 is 0 Å². The highest BCUT2D eigenvalue weighted by molar-refractivity contribution is 8.00. The van der Waals surface area contributed by atoms with E-state index in [4.69, 9.17) is 31.5 Å². The summed E-state index contributed by atoms with van der Waals surface area (Å²) in [4.78, 5) is 31.9. The Kier molecular flexibility index (Phi) is 8.83. The number of carbonyl (C=O) groups is 1. The van der Waals surface area contributed by atoms with Gasteiger partial charge in [0, 0.05) is 23.5 Å². The first-order valence-electron chi connectivity index (χ1n) is 13.7. The van der Waals surface area contributed by atoms with Crippen molar-refractivity contribution in [2.75, 3.05) is 19.5 Å². The second-order valence-corrected chi connectivity index (χ2v) is 12.4. The molecule has 0 aliphatic rings. The summed E-state index contributed by atoms with van der Waals surface area (Å²) >= 11 is 8.93. The van der Waals surface area contributed by atoms with Crippen LogP contribution in [0.5, 0.6) is 11.5 Å². The van der Waals surface area contributed by atoms with Crippen LogP contribution < -0.4 is 25.8 Å². The van der Waals surface area contributed by atoms with Crippen molar-refractivity contribution in [3.63, 3.8) is 0 Å². The lowest BCUT2D eigenvalue weighted by atomic mass is 10.1. The smallest absolute Gasteiger partial charge is 0.267 e. The topological polar surface area (TPSA) is 136 Å². The monoisotopic (exact) mass is 659 g/mol. The minimum atomic E-state index is -0.585. The van der Waals surface area contributed by atoms with Crippen molar-refractivity contribution < 1.29 is 14.3 Å². The van der Waals surface area contributed by atoms with E-state index in [0.29, 0.717) is 44.3 Å². The number of thioether (sulfide) groups is 1. The minimum absolute atomic E-state index is 0.00469. The van der Waals surface area contributed by atoms with Crippen LogP contribution in [0.2, 0.25) is 5.02 Å². The summed E-state index contributed by atoms with van der Waals surface area (Å²) in [6.07, 6.45) is 2.09. The number of ether oxygens (including phenoxy) is 2. The molecule has 14 heteroatoms. The van der Waals surface area contributed by atoms with E-state index in [1.165, 1.54) is 33.6 Å². The van der Waals surface area contributed by atoms with E-state index in [2.05, 4.69) is 15.5 Å². The summed E-state index contributed by atoms with van der Waals surface area (Å²) in [7, 11) is 3.13. The minimum Gasteiger partial charge on any atom is -0.493 e. The van der Waals surface area contributed by atoms with Crippen LogP contribution >= 0.6 is 34.7 Å². The average molecular weight is 660 g/mol. The van der Waals surface area contributed by atoms with E-state index < -0.39 is 5.91 Å². The number of hydrogen-bond acceptors (Lipinski definition) is 10. The summed E-state index contributed by atoms with van der Waals surface area (Å²) in [5.41, 5.74) is 2.18. The van der Waals surface area contributed by atoms with Crippen molar-refractivity contribution in [2.45, 2.75) is 23.1 Å². The lowest BCUT2D eigenvalue weighted by Gasteiger charge is -2.15. The molecule has 0 aliphatic heterocycles. The van der Waals surface area contributed by atoms with Gasteiger partial charge in [0.25, 0.3) is 11.5 Å². The fourth-order valence-electron chi connectivity index (χ4n) is 4.79. The molecule has 0 radical (unpaired) electrons. The molecule has 6 aromatic rings. The third-order valence-corrected chi connectivity index (χ3v) is 9.46. The Morgan fingerprint density at radius 1 is 1.04 bits per heavy atom. The second kappa shape index (κ2) is 13.1. The first kappa shape index (κ1) is 30.3. The molecular formula is C31H26ClN7O4S2. The van der Waals surface area contributed by atoms with Crippen molar-refractivity contribution in [1.29, 1.82) is 5.41 Å². The number of pyridine rings is 2. The number of rotatable bonds is 10. The van der Waals surface area contributed by atoms with Crippen LogP contribution in [0.1, 0.15) is 21.5 Å². The third kappa shape index (κ3) is 6.27. The predicted octanol–water partition coefficient (Wildman–Crippen LogP) is 5.44. The molecule has 0 aliphatic carbocycles. The first-order valence-corrected chi connectivity index (χ1v) is 15.9. The van der Waals surface area contributed by atoms with Gasteiger partial charge in [0.2, 0.25) is 5.13 Å². The van der Waals surface area contributed by atoms with Gasteiger partial charge in [-0.15, -0.1) is 10.2 Å². The van der Waals surface area contributed by atoms with Crippen LogP contribution in [0.15, 0.2) is 82.1 Å². The maximum atomic E-state index is 13.6. The van der Waals surface area contributed by atoms with Crippen LogP contribution in [-0.4, -0.2) is 44.3 Å². The van der Waals surface area contributed by atoms with Gasteiger partial charge >= 0.3 is 0 Å². The van der Waals surface area contributed by atoms with Crippen LogP contribution in [-0.2, 0) is 18.7 Å². The molecule has 6 rings (SSSR count). The number of anilines is 1. The maximum absolute atomic E-state index is 13.6. The zero-order valence-electron chi connectivity index (χ0n) is 24.1. The largest absolute Gasteiger partial charge is 0.493 e. The van der Waals surface area contributed by atoms with Crippen LogP contribution in [0, 0.1) is 5.41 Å². The number of halogens is 1. The Labute approximate surface area is 270 Å². The van der Waals surface area contributed by atoms with Gasteiger partial charge in [0.1, 0.15) is 16.8 Å². The lowest BCUT2D eigenvalue weighted by Crippen LogP contribution is -2.32. The van der Waals surface area contributed by atoms with Gasteiger partial charge < -0.3 is 14.0 Å². The molecular weight excluding hydrogens is 634 g/mol. The molecule has 228 valence electrons. The zero-order valence-corrected chi connectivity index (χ0v) is 26.5. The van der Waals surface area contributed by atoms with Crippen molar-refractivity contribution >= 4 is 62.4 Å². The number of amides is 1. The van der Waals surface area contributed by atoms with E-state index in [1.807, 2.05) is 42.5 Å². The second-order valence-electron chi connectivity index (χ2n) is 9.79. The Bertz CT molecular complexity index is 2180. The Morgan fingerprint density at radius 3 is 2.64 bits per heavy atom. The summed E-state index contributed by atoms with van der Waals surface area (Å²) in [6, 6.07) is 19.8. The number of nitrogens with one attached hydrogen (secondary N) is 2. The lowest BCUT2D eigenvalue weighted by molar-refractivity contribution is 0.102. The molecule has 4 aromatic heterocycles. The molecule has 0 unspecified atom stereocenters. The van der Waals surface area contributed by atoms with E-state index in [1.54, 1.807) is 43.2 Å². The fraction of sp³-hybridized carbons (Fsp3) is 0.161. The third-order valence-electron chi connectivity index (χ3n) is 7.07. The Morgan fingerprint density at radius 2 is 1.84 bits per heavy atom. The highest BCUT2D eigenvalue weighted by atomic mass is 35.5. The van der Waals surface area contributed by atoms with Crippen LogP contribution in [0.25, 0.3) is 16.7 Å². The predicted molar refractivity (Wildman–Crippen MR) is 175 cm³/mol. The van der Waals surface area contributed by atoms with Gasteiger partial charge in [0.05, 0.1) is 25.2 Å². The Hall–Kier alpha value is -4.72. The van der Waals surface area contributed by atoms with Crippen molar-refractivity contribution in [1.82, 2.24) is 24.1 Å². The van der Waals surface area contributed by atoms with E-state index in [9.17, 15) is 9.59 Å². The van der Waals surface area contributed by atoms with Gasteiger partial charge in [0.15, 0.2) is 15.8 Å². The number of fused-ring (bicyclic) bond motifs is 2. The van der Waals surface area contributed by atoms with Gasteiger partial charge in [-0.05, 0) is 53.9 Å². The molecule has 0 saturated heterocycles. The standard InChI is InChI=1S/C31H26ClN7O4S2/c1-42-23-11-10-18(15-24(23)43-2)12-14-39-26(33)20(16-21-27(39)34-25-9-5-6-13-38(25)29(21)41)28(40)35-30-36-37-31(45-30)44-17-19-7-3-4-8-22(19)32/h3-11,13,15-16,33H,12,14,17H2,1-2H3,(H,35,36,40). The number of nitrogens with zero attached hydrogens (tertiary/aromatic N) is 5. The number of hydrogen-bond donors (Lipinski definition) is 2. The summed E-state index contributed by atoms with van der Waals surface area (Å²) < 4.78 is 14.4. The molecule has 0 spiro atoms. The number of methoxy groups -OCH3 is 2. The quantitative estimate of drug-likeness (QED) is 0.113. The van der Waals surface area contributed by atoms with Crippen LogP contribution in [0.3, 0.4) is 0 Å². The van der Waals surface area contributed by atoms with E-state index in [0.717, 1.165) is 11.1 Å². The molecule has 0 bridgehead atoms. The van der Waals surface area contributed by atoms with Gasteiger partial charge in [-0.1, -0.05) is 65.0 Å². The molecule has 2 N–H and O–H groups in total. The summed E-state index contributed by atoms with van der Waals surface area (Å²) in [6.45, 7) is 0.267. The van der Waals surface area contributed by atoms with Gasteiger partial charge in [-0.25, -0.2) is 4.98 Å². The summed E-state index contributed by atoms with van der Waals surface area (Å²) in [5.74, 6) is 1.18. The average Bonchev–Trinajstić information content (AvgIpc) is 3.50. The SMILES string of the molecule is COc1ccc(CCn2c(=N)c(C(=O)Nc3nnc(SCc4ccccc4Cl)s3)cc3c(=O)n4ccccc4nc32)cc1OC. The maximum Gasteiger partial charge on any atom is 0.267 e. The molecule has 0 atom stereocenters. The molecule has 0 saturated carbocycles. The zero-order chi connectivity index (χ0) is 31.5. The molecule has 4 heterocycles. The highest BCUT2D eigenvalue weighted by Crippen LogP contribution is 2.31. The van der Waals surface area contributed by atoms with E-state index in [-0.39, 0.29) is 33.7 Å². The molecule has 1 amide bonds. The number of benzene rings is 2.